The van der Waals surface area contributed by atoms with Crippen LogP contribution in [0, 0.1) is 14.9 Å². The Balaban J connectivity index is 1.44. The molecule has 11 heteroatoms. The van der Waals surface area contributed by atoms with E-state index < -0.39 is 5.91 Å². The summed E-state index contributed by atoms with van der Waals surface area (Å²) in [7, 11) is 0. The van der Waals surface area contributed by atoms with E-state index in [1.165, 1.54) is 6.08 Å². The third-order valence-electron chi connectivity index (χ3n) is 5.92. The van der Waals surface area contributed by atoms with Crippen molar-refractivity contribution < 1.29 is 19.0 Å². The van der Waals surface area contributed by atoms with Crippen LogP contribution >= 0.6 is 69.0 Å². The summed E-state index contributed by atoms with van der Waals surface area (Å²) in [5.41, 5.74) is 2.57. The third kappa shape index (κ3) is 9.18. The van der Waals surface area contributed by atoms with E-state index in [1.807, 2.05) is 13.0 Å². The van der Waals surface area contributed by atoms with Crippen LogP contribution in [0.3, 0.4) is 0 Å². The summed E-state index contributed by atoms with van der Waals surface area (Å²) in [4.78, 5) is 12.9. The minimum atomic E-state index is -0.560. The Bertz CT molecular complexity index is 1710. The predicted molar refractivity (Wildman–Crippen MR) is 181 cm³/mol. The highest BCUT2D eigenvalue weighted by Gasteiger charge is 2.16. The molecule has 4 aromatic carbocycles. The average Bonchev–Trinajstić information content (AvgIpc) is 2.97. The lowest BCUT2D eigenvalue weighted by Gasteiger charge is -2.15. The van der Waals surface area contributed by atoms with Gasteiger partial charge < -0.3 is 19.5 Å². The van der Waals surface area contributed by atoms with Crippen molar-refractivity contribution in [3.05, 3.63) is 119 Å². The molecule has 0 saturated carbocycles. The molecule has 220 valence electrons. The van der Waals surface area contributed by atoms with Crippen molar-refractivity contribution in [1.82, 2.24) is 0 Å². The minimum absolute atomic E-state index is 0.0856. The molecule has 0 spiro atoms. The molecule has 0 unspecified atom stereocenters. The minimum Gasteiger partial charge on any atom is -0.490 e. The van der Waals surface area contributed by atoms with Gasteiger partial charge in [0.2, 0.25) is 0 Å². The number of anilines is 1. The van der Waals surface area contributed by atoms with Crippen molar-refractivity contribution in [2.24, 2.45) is 0 Å². The zero-order valence-electron chi connectivity index (χ0n) is 22.6. The van der Waals surface area contributed by atoms with Crippen LogP contribution < -0.4 is 19.5 Å². The van der Waals surface area contributed by atoms with E-state index in [1.54, 1.807) is 72.8 Å². The second-order valence-electron chi connectivity index (χ2n) is 8.96. The molecule has 0 saturated heterocycles. The van der Waals surface area contributed by atoms with Crippen molar-refractivity contribution in [3.8, 4) is 23.3 Å². The number of rotatable bonds is 11. The van der Waals surface area contributed by atoms with Gasteiger partial charge in [-0.1, -0.05) is 58.5 Å². The lowest BCUT2D eigenvalue weighted by atomic mass is 10.1. The number of halogens is 5. The summed E-state index contributed by atoms with van der Waals surface area (Å²) < 4.78 is 18.4. The number of hydrogen-bond donors (Lipinski definition) is 1. The SMILES string of the molecule is CCOc1cc(/C=C(\C#N)C(=O)Nc2ccc(OCc3ccc(Cl)cc3Cl)cc2)cc(I)c1OCc1ccc(Cl)cc1Cl. The lowest BCUT2D eigenvalue weighted by molar-refractivity contribution is -0.112. The standard InChI is InChI=1S/C32H23Cl4IN2O4/c1-2-41-30-13-19(12-29(37)31(30)43-18-21-4-6-24(34)15-28(21)36)11-22(16-38)32(40)39-25-7-9-26(10-8-25)42-17-20-3-5-23(33)14-27(20)35/h3-15H,2,17-18H2,1H3,(H,39,40)/b22-11+. The summed E-state index contributed by atoms with van der Waals surface area (Å²) in [5, 5.41) is 14.6. The Morgan fingerprint density at radius 3 is 2.02 bits per heavy atom. The molecule has 43 heavy (non-hydrogen) atoms. The van der Waals surface area contributed by atoms with E-state index in [9.17, 15) is 10.1 Å². The van der Waals surface area contributed by atoms with E-state index in [2.05, 4.69) is 27.9 Å². The van der Waals surface area contributed by atoms with Gasteiger partial charge in [0.1, 0.15) is 30.6 Å². The van der Waals surface area contributed by atoms with Crippen LogP contribution in [0.25, 0.3) is 6.08 Å². The first-order valence-electron chi connectivity index (χ1n) is 12.8. The fourth-order valence-electron chi connectivity index (χ4n) is 3.81. The van der Waals surface area contributed by atoms with Gasteiger partial charge in [0.25, 0.3) is 5.91 Å². The first kappa shape index (κ1) is 32.8. The van der Waals surface area contributed by atoms with E-state index in [0.717, 1.165) is 14.7 Å². The van der Waals surface area contributed by atoms with Gasteiger partial charge in [-0.25, -0.2) is 0 Å². The maximum Gasteiger partial charge on any atom is 0.266 e. The van der Waals surface area contributed by atoms with Crippen molar-refractivity contribution in [1.29, 1.82) is 5.26 Å². The van der Waals surface area contributed by atoms with Crippen LogP contribution in [0.1, 0.15) is 23.6 Å². The van der Waals surface area contributed by atoms with Gasteiger partial charge >= 0.3 is 0 Å². The van der Waals surface area contributed by atoms with Crippen molar-refractivity contribution in [2.75, 3.05) is 11.9 Å². The highest BCUT2D eigenvalue weighted by atomic mass is 127. The molecule has 0 aliphatic carbocycles. The Morgan fingerprint density at radius 1 is 0.860 bits per heavy atom. The van der Waals surface area contributed by atoms with Gasteiger partial charge in [-0.15, -0.1) is 0 Å². The molecular formula is C32H23Cl4IN2O4. The molecular weight excluding hydrogens is 745 g/mol. The number of ether oxygens (including phenoxy) is 3. The van der Waals surface area contributed by atoms with Crippen LogP contribution in [0.2, 0.25) is 20.1 Å². The molecule has 0 bridgehead atoms. The fraction of sp³-hybridized carbons (Fsp3) is 0.125. The maximum absolute atomic E-state index is 12.9. The number of nitrogens with zero attached hydrogens (tertiary/aromatic N) is 1. The monoisotopic (exact) mass is 766 g/mol. The van der Waals surface area contributed by atoms with Crippen molar-refractivity contribution >= 4 is 86.7 Å². The van der Waals surface area contributed by atoms with Gasteiger partial charge in [0, 0.05) is 36.9 Å². The van der Waals surface area contributed by atoms with E-state index in [0.29, 0.717) is 55.2 Å². The highest BCUT2D eigenvalue weighted by molar-refractivity contribution is 14.1. The Kier molecular flexibility index (Phi) is 11.9. The largest absolute Gasteiger partial charge is 0.490 e. The fourth-order valence-corrected chi connectivity index (χ4v) is 5.52. The van der Waals surface area contributed by atoms with Crippen LogP contribution in [0.4, 0.5) is 5.69 Å². The van der Waals surface area contributed by atoms with E-state index in [-0.39, 0.29) is 18.8 Å². The van der Waals surface area contributed by atoms with Crippen molar-refractivity contribution in [2.45, 2.75) is 20.1 Å². The molecule has 0 heterocycles. The van der Waals surface area contributed by atoms with Crippen LogP contribution in [0.15, 0.2) is 78.4 Å². The number of carbonyl (C=O) groups excluding carboxylic acids is 1. The molecule has 0 fully saturated rings. The molecule has 0 atom stereocenters. The second-order valence-corrected chi connectivity index (χ2v) is 11.8. The summed E-state index contributed by atoms with van der Waals surface area (Å²) in [6.45, 7) is 2.70. The van der Waals surface area contributed by atoms with Crippen LogP contribution in [-0.2, 0) is 18.0 Å². The molecule has 1 amide bonds. The van der Waals surface area contributed by atoms with Gasteiger partial charge in [-0.3, -0.25) is 4.79 Å². The Labute approximate surface area is 283 Å². The highest BCUT2D eigenvalue weighted by Crippen LogP contribution is 2.36. The topological polar surface area (TPSA) is 80.6 Å². The van der Waals surface area contributed by atoms with Crippen LogP contribution in [0.5, 0.6) is 17.2 Å². The molecule has 6 nitrogen and oxygen atoms in total. The quantitative estimate of drug-likeness (QED) is 0.0934. The number of hydrogen-bond acceptors (Lipinski definition) is 5. The lowest BCUT2D eigenvalue weighted by Crippen LogP contribution is -2.13. The maximum atomic E-state index is 12.9. The summed E-state index contributed by atoms with van der Waals surface area (Å²) in [5.74, 6) is 1.02. The van der Waals surface area contributed by atoms with Gasteiger partial charge in [-0.05, 0) is 102 Å². The second kappa shape index (κ2) is 15.6. The Morgan fingerprint density at radius 2 is 1.47 bits per heavy atom. The van der Waals surface area contributed by atoms with Crippen LogP contribution in [-0.4, -0.2) is 12.5 Å². The first-order valence-corrected chi connectivity index (χ1v) is 15.4. The van der Waals surface area contributed by atoms with Gasteiger partial charge in [0.15, 0.2) is 11.5 Å². The number of carbonyl (C=O) groups is 1. The molecule has 0 radical (unpaired) electrons. The molecule has 0 aliphatic rings. The number of nitrogens with one attached hydrogen (secondary N) is 1. The summed E-state index contributed by atoms with van der Waals surface area (Å²) in [6, 6.07) is 22.7. The molecule has 0 aliphatic heterocycles. The molecule has 1 N–H and O–H groups in total. The van der Waals surface area contributed by atoms with Gasteiger partial charge in [-0.2, -0.15) is 5.26 Å². The Hall–Kier alpha value is -3.13. The number of amides is 1. The molecule has 4 aromatic rings. The smallest absolute Gasteiger partial charge is 0.266 e. The first-order chi connectivity index (χ1) is 20.7. The molecule has 4 rings (SSSR count). The summed E-state index contributed by atoms with van der Waals surface area (Å²) >= 11 is 26.5. The van der Waals surface area contributed by atoms with Crippen molar-refractivity contribution in [3.63, 3.8) is 0 Å². The summed E-state index contributed by atoms with van der Waals surface area (Å²) in [6.07, 6.45) is 1.49. The third-order valence-corrected chi connectivity index (χ3v) is 7.89. The van der Waals surface area contributed by atoms with E-state index in [4.69, 9.17) is 60.6 Å². The van der Waals surface area contributed by atoms with Gasteiger partial charge in [0.05, 0.1) is 10.2 Å². The predicted octanol–water partition coefficient (Wildman–Crippen LogP) is 10.0. The zero-order chi connectivity index (χ0) is 30.9. The normalized spacial score (nSPS) is 11.0. The number of benzene rings is 4. The van der Waals surface area contributed by atoms with E-state index >= 15 is 0 Å². The average molecular weight is 768 g/mol. The number of nitriles is 1. The zero-order valence-corrected chi connectivity index (χ0v) is 27.8. The molecule has 0 aromatic heterocycles.